The van der Waals surface area contributed by atoms with Crippen LogP contribution in [0.3, 0.4) is 0 Å². The predicted molar refractivity (Wildman–Crippen MR) is 124 cm³/mol. The van der Waals surface area contributed by atoms with Gasteiger partial charge >= 0.3 is 0 Å². The minimum Gasteiger partial charge on any atom is -0.493 e. The second kappa shape index (κ2) is 10.4. The molecule has 1 heterocycles. The van der Waals surface area contributed by atoms with Crippen molar-refractivity contribution in [2.24, 2.45) is 5.41 Å². The van der Waals surface area contributed by atoms with Gasteiger partial charge in [-0.1, -0.05) is 36.5 Å². The number of nitrogens with one attached hydrogen (secondary N) is 1. The molecule has 10 heteroatoms. The van der Waals surface area contributed by atoms with E-state index in [9.17, 15) is 12.8 Å². The van der Waals surface area contributed by atoms with E-state index in [0.717, 1.165) is 19.4 Å². The summed E-state index contributed by atoms with van der Waals surface area (Å²) < 4.78 is 47.2. The van der Waals surface area contributed by atoms with E-state index in [-0.39, 0.29) is 35.3 Å². The molecule has 1 aliphatic rings. The molecule has 1 N–H and O–H groups in total. The Bertz CT molecular complexity index is 1120. The Morgan fingerprint density at radius 3 is 2.62 bits per heavy atom. The minimum absolute atomic E-state index is 0.00818. The lowest BCUT2D eigenvalue weighted by molar-refractivity contribution is 0.0194. The summed E-state index contributed by atoms with van der Waals surface area (Å²) in [5.74, 6) is -0.354. The van der Waals surface area contributed by atoms with E-state index in [4.69, 9.17) is 34.5 Å². The van der Waals surface area contributed by atoms with Crippen LogP contribution in [0.1, 0.15) is 19.8 Å². The van der Waals surface area contributed by atoms with E-state index in [1.165, 1.54) is 40.7 Å². The fraction of sp³-hybridized carbons (Fsp3) is 0.409. The van der Waals surface area contributed by atoms with Crippen molar-refractivity contribution < 1.29 is 17.5 Å². The molecule has 2 aromatic carbocycles. The Hall–Kier alpha value is -1.89. The van der Waals surface area contributed by atoms with Gasteiger partial charge in [-0.2, -0.15) is 4.31 Å². The first kappa shape index (κ1) is 24.7. The van der Waals surface area contributed by atoms with Crippen LogP contribution in [-0.4, -0.2) is 45.5 Å². The molecule has 0 amide bonds. The molecular weight excluding hydrogens is 476 g/mol. The zero-order valence-electron chi connectivity index (χ0n) is 17.6. The van der Waals surface area contributed by atoms with E-state index in [1.54, 1.807) is 0 Å². The number of ether oxygens (including phenoxy) is 1. The standard InChI is InChI=1S/C22H24Cl2FN3O3S/c1-3-4-9-27-12-22(15-31-17-6-7-20(26-2)19(25)11-17)13-28(14-22)32(29,30)21-8-5-16(23)10-18(21)24/h5-8,10-11,27H,3-4,9,12-15H2,1H3. The van der Waals surface area contributed by atoms with Gasteiger partial charge in [-0.25, -0.2) is 17.7 Å². The highest BCUT2D eigenvalue weighted by Crippen LogP contribution is 2.38. The lowest BCUT2D eigenvalue weighted by atomic mass is 9.82. The number of hydrogen-bond donors (Lipinski definition) is 1. The van der Waals surface area contributed by atoms with Gasteiger partial charge in [-0.3, -0.25) is 0 Å². The van der Waals surface area contributed by atoms with Crippen LogP contribution >= 0.6 is 23.2 Å². The van der Waals surface area contributed by atoms with Crippen molar-refractivity contribution in [2.45, 2.75) is 24.7 Å². The van der Waals surface area contributed by atoms with Crippen LogP contribution in [0, 0.1) is 17.8 Å². The number of sulfonamides is 1. The summed E-state index contributed by atoms with van der Waals surface area (Å²) in [6.45, 7) is 11.1. The molecule has 1 saturated heterocycles. The third-order valence-electron chi connectivity index (χ3n) is 5.33. The first-order valence-electron chi connectivity index (χ1n) is 10.2. The van der Waals surface area contributed by atoms with Crippen LogP contribution < -0.4 is 10.1 Å². The summed E-state index contributed by atoms with van der Waals surface area (Å²) in [5, 5.41) is 3.80. The molecule has 0 aromatic heterocycles. The van der Waals surface area contributed by atoms with Crippen molar-refractivity contribution in [3.8, 4) is 5.75 Å². The molecular formula is C22H24Cl2FN3O3S. The fourth-order valence-electron chi connectivity index (χ4n) is 3.51. The van der Waals surface area contributed by atoms with Crippen molar-refractivity contribution in [3.05, 3.63) is 63.7 Å². The Kier molecular flexibility index (Phi) is 8.01. The molecule has 0 bridgehead atoms. The van der Waals surface area contributed by atoms with Crippen LogP contribution in [0.2, 0.25) is 10.0 Å². The highest BCUT2D eigenvalue weighted by atomic mass is 35.5. The Morgan fingerprint density at radius 2 is 2.00 bits per heavy atom. The smallest absolute Gasteiger partial charge is 0.244 e. The molecule has 0 spiro atoms. The van der Waals surface area contributed by atoms with E-state index >= 15 is 0 Å². The number of unbranched alkanes of at least 4 members (excludes halogenated alkanes) is 1. The molecule has 1 fully saturated rings. The molecule has 0 radical (unpaired) electrons. The van der Waals surface area contributed by atoms with Crippen molar-refractivity contribution in [3.63, 3.8) is 0 Å². The highest BCUT2D eigenvalue weighted by molar-refractivity contribution is 7.89. The average Bonchev–Trinajstić information content (AvgIpc) is 2.71. The van der Waals surface area contributed by atoms with Gasteiger partial charge in [-0.15, -0.1) is 0 Å². The van der Waals surface area contributed by atoms with Gasteiger partial charge in [0, 0.05) is 36.1 Å². The van der Waals surface area contributed by atoms with Gasteiger partial charge in [0.25, 0.3) is 0 Å². The normalized spacial score (nSPS) is 15.7. The monoisotopic (exact) mass is 499 g/mol. The largest absolute Gasteiger partial charge is 0.493 e. The average molecular weight is 500 g/mol. The molecule has 32 heavy (non-hydrogen) atoms. The third-order valence-corrected chi connectivity index (χ3v) is 7.84. The van der Waals surface area contributed by atoms with Crippen LogP contribution in [0.5, 0.6) is 5.75 Å². The maximum Gasteiger partial charge on any atom is 0.244 e. The SMILES string of the molecule is [C-]#[N+]c1ccc(OCC2(CNCCCC)CN(S(=O)(=O)c3ccc(Cl)cc3Cl)C2)cc1F. The van der Waals surface area contributed by atoms with E-state index in [1.807, 2.05) is 0 Å². The summed E-state index contributed by atoms with van der Waals surface area (Å²) in [7, 11) is -3.79. The summed E-state index contributed by atoms with van der Waals surface area (Å²) in [6.07, 6.45) is 2.04. The lowest BCUT2D eigenvalue weighted by Crippen LogP contribution is -2.64. The zero-order chi connectivity index (χ0) is 23.4. The molecule has 2 aromatic rings. The van der Waals surface area contributed by atoms with Gasteiger partial charge in [-0.05, 0) is 43.3 Å². The summed E-state index contributed by atoms with van der Waals surface area (Å²) in [5.41, 5.74) is -0.552. The lowest BCUT2D eigenvalue weighted by Gasteiger charge is -2.49. The predicted octanol–water partition coefficient (Wildman–Crippen LogP) is 5.14. The number of nitrogens with zero attached hydrogens (tertiary/aromatic N) is 2. The van der Waals surface area contributed by atoms with E-state index in [2.05, 4.69) is 17.1 Å². The number of halogens is 3. The van der Waals surface area contributed by atoms with E-state index in [0.29, 0.717) is 17.3 Å². The van der Waals surface area contributed by atoms with Crippen LogP contribution in [0.25, 0.3) is 4.85 Å². The number of hydrogen-bond acceptors (Lipinski definition) is 4. The van der Waals surface area contributed by atoms with Gasteiger partial charge in [0.2, 0.25) is 15.7 Å². The highest BCUT2D eigenvalue weighted by Gasteiger charge is 2.49. The van der Waals surface area contributed by atoms with Gasteiger partial charge < -0.3 is 10.1 Å². The topological polar surface area (TPSA) is 63.0 Å². The van der Waals surface area contributed by atoms with Crippen molar-refractivity contribution >= 4 is 38.9 Å². The maximum absolute atomic E-state index is 13.9. The van der Waals surface area contributed by atoms with Crippen molar-refractivity contribution in [1.82, 2.24) is 9.62 Å². The first-order valence-corrected chi connectivity index (χ1v) is 12.4. The Balaban J connectivity index is 1.73. The molecule has 0 unspecified atom stereocenters. The molecule has 0 saturated carbocycles. The van der Waals surface area contributed by atoms with Crippen molar-refractivity contribution in [1.29, 1.82) is 0 Å². The van der Waals surface area contributed by atoms with Crippen LogP contribution in [-0.2, 0) is 10.0 Å². The summed E-state index contributed by atoms with van der Waals surface area (Å²) >= 11 is 12.0. The van der Waals surface area contributed by atoms with Gasteiger partial charge in [0.15, 0.2) is 0 Å². The Labute approximate surface area is 198 Å². The molecule has 0 atom stereocenters. The number of rotatable bonds is 10. The quantitative estimate of drug-likeness (QED) is 0.363. The molecule has 0 aliphatic carbocycles. The first-order chi connectivity index (χ1) is 15.2. The van der Waals surface area contributed by atoms with Crippen molar-refractivity contribution in [2.75, 3.05) is 32.8 Å². The maximum atomic E-state index is 13.9. The molecule has 6 nitrogen and oxygen atoms in total. The molecule has 3 rings (SSSR count). The van der Waals surface area contributed by atoms with E-state index < -0.39 is 21.3 Å². The Morgan fingerprint density at radius 1 is 1.25 bits per heavy atom. The van der Waals surface area contributed by atoms with Crippen LogP contribution in [0.4, 0.5) is 10.1 Å². The minimum atomic E-state index is -3.79. The third kappa shape index (κ3) is 5.53. The number of benzene rings is 2. The molecule has 172 valence electrons. The second-order valence-corrected chi connectivity index (χ2v) is 10.6. The van der Waals surface area contributed by atoms with Gasteiger partial charge in [0.05, 0.1) is 18.2 Å². The summed E-state index contributed by atoms with van der Waals surface area (Å²) in [4.78, 5) is 3.11. The van der Waals surface area contributed by atoms with Gasteiger partial charge in [0.1, 0.15) is 16.5 Å². The zero-order valence-corrected chi connectivity index (χ0v) is 19.9. The fourth-order valence-corrected chi connectivity index (χ4v) is 5.92. The molecule has 1 aliphatic heterocycles. The summed E-state index contributed by atoms with van der Waals surface area (Å²) in [6, 6.07) is 8.37. The second-order valence-electron chi connectivity index (χ2n) is 7.89. The van der Waals surface area contributed by atoms with Crippen LogP contribution in [0.15, 0.2) is 41.3 Å².